The zero-order chi connectivity index (χ0) is 13.8. The lowest BCUT2D eigenvalue weighted by Gasteiger charge is -2.12. The molecule has 0 bridgehead atoms. The van der Waals surface area contributed by atoms with E-state index in [4.69, 9.17) is 18.7 Å². The van der Waals surface area contributed by atoms with E-state index in [-0.39, 0.29) is 0 Å². The van der Waals surface area contributed by atoms with Crippen LogP contribution in [0.4, 0.5) is 0 Å². The fraction of sp³-hybridized carbons (Fsp3) is 0.231. The van der Waals surface area contributed by atoms with Crippen molar-refractivity contribution in [3.05, 3.63) is 24.0 Å². The standard InChI is InChI=1S/C13H13NO5/c1-16-10-5-12(18-3)11(17-2)4-9(10)13-8(6-15)7-19-14-13/h4-7H,1-3H3. The number of hydrogen-bond acceptors (Lipinski definition) is 6. The number of hydrogen-bond donors (Lipinski definition) is 0. The van der Waals surface area contributed by atoms with Crippen LogP contribution in [0.5, 0.6) is 17.2 Å². The van der Waals surface area contributed by atoms with Crippen molar-refractivity contribution in [1.29, 1.82) is 0 Å². The molecule has 0 aliphatic rings. The Morgan fingerprint density at radius 2 is 1.68 bits per heavy atom. The maximum absolute atomic E-state index is 10.9. The second kappa shape index (κ2) is 5.43. The zero-order valence-corrected chi connectivity index (χ0v) is 10.8. The number of aromatic nitrogens is 1. The topological polar surface area (TPSA) is 70.8 Å². The van der Waals surface area contributed by atoms with E-state index in [1.807, 2.05) is 0 Å². The highest BCUT2D eigenvalue weighted by atomic mass is 16.5. The van der Waals surface area contributed by atoms with Gasteiger partial charge >= 0.3 is 0 Å². The zero-order valence-electron chi connectivity index (χ0n) is 10.8. The smallest absolute Gasteiger partial charge is 0.164 e. The van der Waals surface area contributed by atoms with E-state index < -0.39 is 0 Å². The Labute approximate surface area is 109 Å². The summed E-state index contributed by atoms with van der Waals surface area (Å²) in [6, 6.07) is 3.35. The summed E-state index contributed by atoms with van der Waals surface area (Å²) in [5.74, 6) is 1.55. The van der Waals surface area contributed by atoms with Gasteiger partial charge in [-0.3, -0.25) is 4.79 Å². The minimum atomic E-state index is 0.338. The van der Waals surface area contributed by atoms with E-state index in [1.165, 1.54) is 27.6 Å². The highest BCUT2D eigenvalue weighted by Gasteiger charge is 2.18. The van der Waals surface area contributed by atoms with Crippen LogP contribution in [0, 0.1) is 0 Å². The molecule has 1 aromatic carbocycles. The number of carbonyl (C=O) groups excluding carboxylic acids is 1. The Balaban J connectivity index is 2.65. The van der Waals surface area contributed by atoms with Crippen LogP contribution in [0.1, 0.15) is 10.4 Å². The predicted octanol–water partition coefficient (Wildman–Crippen LogP) is 2.18. The molecule has 0 fully saturated rings. The third-order valence-corrected chi connectivity index (χ3v) is 2.68. The molecule has 100 valence electrons. The van der Waals surface area contributed by atoms with Crippen molar-refractivity contribution in [2.75, 3.05) is 21.3 Å². The van der Waals surface area contributed by atoms with Crippen LogP contribution >= 0.6 is 0 Å². The van der Waals surface area contributed by atoms with Crippen LogP contribution in [0.15, 0.2) is 22.9 Å². The predicted molar refractivity (Wildman–Crippen MR) is 67.0 cm³/mol. The second-order valence-corrected chi connectivity index (χ2v) is 3.64. The van der Waals surface area contributed by atoms with Crippen LogP contribution in [-0.2, 0) is 0 Å². The number of rotatable bonds is 5. The average Bonchev–Trinajstić information content (AvgIpc) is 2.93. The first-order valence-corrected chi connectivity index (χ1v) is 5.45. The van der Waals surface area contributed by atoms with Gasteiger partial charge in [-0.25, -0.2) is 0 Å². The summed E-state index contributed by atoms with van der Waals surface area (Å²) in [6.45, 7) is 0. The fourth-order valence-electron chi connectivity index (χ4n) is 1.75. The normalized spacial score (nSPS) is 10.1. The summed E-state index contributed by atoms with van der Waals surface area (Å²) in [5.41, 5.74) is 1.33. The molecule has 0 unspecified atom stereocenters. The first-order valence-electron chi connectivity index (χ1n) is 5.45. The lowest BCUT2D eigenvalue weighted by molar-refractivity contribution is 0.112. The molecule has 1 heterocycles. The summed E-state index contributed by atoms with van der Waals surface area (Å²) >= 11 is 0. The SMILES string of the molecule is COc1cc(OC)c(-c2nocc2C=O)cc1OC. The molecule has 6 nitrogen and oxygen atoms in total. The van der Waals surface area contributed by atoms with Crippen LogP contribution in [0.25, 0.3) is 11.3 Å². The van der Waals surface area contributed by atoms with Gasteiger partial charge in [-0.1, -0.05) is 5.16 Å². The van der Waals surface area contributed by atoms with Gasteiger partial charge in [0.25, 0.3) is 0 Å². The Morgan fingerprint density at radius 3 is 2.26 bits per heavy atom. The molecule has 0 aliphatic carbocycles. The molecule has 2 rings (SSSR count). The summed E-state index contributed by atoms with van der Waals surface area (Å²) < 4.78 is 20.5. The highest BCUT2D eigenvalue weighted by Crippen LogP contribution is 2.40. The number of nitrogens with zero attached hydrogens (tertiary/aromatic N) is 1. The number of carbonyl (C=O) groups is 1. The first-order chi connectivity index (χ1) is 9.24. The molecule has 0 aliphatic heterocycles. The van der Waals surface area contributed by atoms with Crippen molar-refractivity contribution in [3.8, 4) is 28.5 Å². The highest BCUT2D eigenvalue weighted by molar-refractivity contribution is 5.87. The van der Waals surface area contributed by atoms with Gasteiger partial charge in [0.05, 0.1) is 32.5 Å². The maximum atomic E-state index is 10.9. The van der Waals surface area contributed by atoms with Crippen molar-refractivity contribution >= 4 is 6.29 Å². The van der Waals surface area contributed by atoms with Gasteiger partial charge in [-0.15, -0.1) is 0 Å². The largest absolute Gasteiger partial charge is 0.496 e. The molecule has 1 aromatic heterocycles. The van der Waals surface area contributed by atoms with Crippen LogP contribution in [0.2, 0.25) is 0 Å². The van der Waals surface area contributed by atoms with Crippen molar-refractivity contribution in [2.45, 2.75) is 0 Å². The number of ether oxygens (including phenoxy) is 3. The van der Waals surface area contributed by atoms with E-state index in [2.05, 4.69) is 5.16 Å². The lowest BCUT2D eigenvalue weighted by atomic mass is 10.1. The first kappa shape index (κ1) is 12.9. The van der Waals surface area contributed by atoms with Gasteiger partial charge in [0.2, 0.25) is 0 Å². The van der Waals surface area contributed by atoms with E-state index in [1.54, 1.807) is 12.1 Å². The van der Waals surface area contributed by atoms with Gasteiger partial charge < -0.3 is 18.7 Å². The average molecular weight is 263 g/mol. The maximum Gasteiger partial charge on any atom is 0.164 e. The number of benzene rings is 1. The van der Waals surface area contributed by atoms with Crippen molar-refractivity contribution in [3.63, 3.8) is 0 Å². The molecule has 0 amide bonds. The molecule has 0 spiro atoms. The Kier molecular flexibility index (Phi) is 3.70. The molecule has 0 saturated carbocycles. The summed E-state index contributed by atoms with van der Waals surface area (Å²) in [7, 11) is 4.58. The van der Waals surface area contributed by atoms with Crippen molar-refractivity contribution in [1.82, 2.24) is 5.16 Å². The third kappa shape index (κ3) is 2.24. The van der Waals surface area contributed by atoms with Gasteiger partial charge in [0, 0.05) is 6.07 Å². The molecule has 6 heteroatoms. The van der Waals surface area contributed by atoms with Crippen LogP contribution in [0.3, 0.4) is 0 Å². The molecule has 19 heavy (non-hydrogen) atoms. The summed E-state index contributed by atoms with van der Waals surface area (Å²) in [6.07, 6.45) is 1.94. The minimum Gasteiger partial charge on any atom is -0.496 e. The van der Waals surface area contributed by atoms with E-state index in [0.29, 0.717) is 40.4 Å². The van der Waals surface area contributed by atoms with E-state index in [9.17, 15) is 4.79 Å². The minimum absolute atomic E-state index is 0.338. The molecule has 0 saturated heterocycles. The third-order valence-electron chi connectivity index (χ3n) is 2.68. The number of aldehydes is 1. The Bertz CT molecular complexity index is 591. The van der Waals surface area contributed by atoms with Crippen LogP contribution < -0.4 is 14.2 Å². The second-order valence-electron chi connectivity index (χ2n) is 3.64. The van der Waals surface area contributed by atoms with E-state index in [0.717, 1.165) is 0 Å². The summed E-state index contributed by atoms with van der Waals surface area (Å²) in [5, 5.41) is 3.81. The lowest BCUT2D eigenvalue weighted by Crippen LogP contribution is -1.96. The molecule has 2 aromatic rings. The monoisotopic (exact) mass is 263 g/mol. The Morgan fingerprint density at radius 1 is 1.05 bits per heavy atom. The number of methoxy groups -OCH3 is 3. The Hall–Kier alpha value is -2.50. The van der Waals surface area contributed by atoms with Gasteiger partial charge in [-0.05, 0) is 6.07 Å². The van der Waals surface area contributed by atoms with Crippen LogP contribution in [-0.4, -0.2) is 32.8 Å². The summed E-state index contributed by atoms with van der Waals surface area (Å²) in [4.78, 5) is 10.9. The quantitative estimate of drug-likeness (QED) is 0.770. The molecule has 0 radical (unpaired) electrons. The van der Waals surface area contributed by atoms with Gasteiger partial charge in [-0.2, -0.15) is 0 Å². The van der Waals surface area contributed by atoms with Gasteiger partial charge in [0.1, 0.15) is 17.7 Å². The molecular formula is C13H13NO5. The molecule has 0 atom stereocenters. The van der Waals surface area contributed by atoms with Crippen molar-refractivity contribution < 1.29 is 23.5 Å². The van der Waals surface area contributed by atoms with E-state index >= 15 is 0 Å². The van der Waals surface area contributed by atoms with Gasteiger partial charge in [0.15, 0.2) is 17.8 Å². The molecular weight excluding hydrogens is 250 g/mol. The molecule has 0 N–H and O–H groups in total. The van der Waals surface area contributed by atoms with Crippen molar-refractivity contribution in [2.24, 2.45) is 0 Å². The fourth-order valence-corrected chi connectivity index (χ4v) is 1.75.